The molecule has 0 atom stereocenters. The minimum atomic E-state index is 0.877. The Labute approximate surface area is 128 Å². The molecule has 1 heterocycles. The molecule has 0 amide bonds. The lowest BCUT2D eigenvalue weighted by Crippen LogP contribution is -2.02. The van der Waals surface area contributed by atoms with E-state index in [-0.39, 0.29) is 0 Å². The highest BCUT2D eigenvalue weighted by molar-refractivity contribution is 7.08. The Morgan fingerprint density at radius 2 is 1.43 bits per heavy atom. The van der Waals surface area contributed by atoms with E-state index in [0.717, 1.165) is 22.4 Å². The van der Waals surface area contributed by atoms with Crippen LogP contribution in [0.1, 0.15) is 16.7 Å². The van der Waals surface area contributed by atoms with Crippen molar-refractivity contribution in [3.63, 3.8) is 0 Å². The smallest absolute Gasteiger partial charge is 0.100 e. The zero-order valence-corrected chi connectivity index (χ0v) is 12.2. The molecule has 3 heteroatoms. The molecule has 0 spiro atoms. The Bertz CT molecular complexity index is 688. The fourth-order valence-corrected chi connectivity index (χ4v) is 2.59. The molecule has 0 saturated heterocycles. The molecule has 0 radical (unpaired) electrons. The molecule has 21 heavy (non-hydrogen) atoms. The van der Waals surface area contributed by atoms with Gasteiger partial charge in [-0.2, -0.15) is 16.4 Å². The maximum absolute atomic E-state index is 4.43. The predicted octanol–water partition coefficient (Wildman–Crippen LogP) is 4.62. The van der Waals surface area contributed by atoms with Crippen molar-refractivity contribution in [3.8, 4) is 0 Å². The summed E-state index contributed by atoms with van der Waals surface area (Å²) in [5.74, 6) is 0. The molecule has 0 bridgehead atoms. The van der Waals surface area contributed by atoms with Gasteiger partial charge >= 0.3 is 0 Å². The summed E-state index contributed by atoms with van der Waals surface area (Å²) in [5, 5.41) is 12.7. The average molecular weight is 290 g/mol. The van der Waals surface area contributed by atoms with E-state index >= 15 is 0 Å². The van der Waals surface area contributed by atoms with Crippen molar-refractivity contribution in [1.82, 2.24) is 0 Å². The van der Waals surface area contributed by atoms with Gasteiger partial charge in [0.25, 0.3) is 0 Å². The second-order valence-corrected chi connectivity index (χ2v) is 5.26. The zero-order valence-electron chi connectivity index (χ0n) is 11.4. The topological polar surface area (TPSA) is 24.7 Å². The van der Waals surface area contributed by atoms with Crippen molar-refractivity contribution in [2.24, 2.45) is 10.2 Å². The van der Waals surface area contributed by atoms with E-state index in [1.54, 1.807) is 17.6 Å². The van der Waals surface area contributed by atoms with Crippen LogP contribution in [0.25, 0.3) is 0 Å². The molecule has 2 aromatic carbocycles. The van der Waals surface area contributed by atoms with Crippen LogP contribution in [0.2, 0.25) is 0 Å². The summed E-state index contributed by atoms with van der Waals surface area (Å²) >= 11 is 1.65. The number of thiophene rings is 1. The number of hydrogen-bond donors (Lipinski definition) is 0. The fourth-order valence-electron chi connectivity index (χ4n) is 1.98. The molecule has 0 fully saturated rings. The standard InChI is InChI=1S/C18H14N2S/c1-3-7-16(8-4-1)18(17-9-5-2-6-10-17)20-19-13-15-11-12-21-14-15/h1-14H. The summed E-state index contributed by atoms with van der Waals surface area (Å²) < 4.78 is 0. The summed E-state index contributed by atoms with van der Waals surface area (Å²) in [7, 11) is 0. The van der Waals surface area contributed by atoms with Crippen molar-refractivity contribution in [2.45, 2.75) is 0 Å². The van der Waals surface area contributed by atoms with Crippen LogP contribution in [0, 0.1) is 0 Å². The van der Waals surface area contributed by atoms with Gasteiger partial charge in [0, 0.05) is 16.7 Å². The highest BCUT2D eigenvalue weighted by Crippen LogP contribution is 2.11. The lowest BCUT2D eigenvalue weighted by atomic mass is 10.0. The lowest BCUT2D eigenvalue weighted by Gasteiger charge is -2.04. The van der Waals surface area contributed by atoms with E-state index in [0.29, 0.717) is 0 Å². The lowest BCUT2D eigenvalue weighted by molar-refractivity contribution is 1.24. The van der Waals surface area contributed by atoms with Crippen LogP contribution in [-0.2, 0) is 0 Å². The van der Waals surface area contributed by atoms with Gasteiger partial charge in [0.15, 0.2) is 0 Å². The summed E-state index contributed by atoms with van der Waals surface area (Å²) in [6.45, 7) is 0. The van der Waals surface area contributed by atoms with E-state index in [1.165, 1.54) is 0 Å². The Hall–Kier alpha value is -2.52. The molecule has 3 aromatic rings. The molecule has 0 aliphatic carbocycles. The first-order valence-corrected chi connectivity index (χ1v) is 7.62. The molecule has 0 N–H and O–H groups in total. The largest absolute Gasteiger partial charge is 0.158 e. The maximum Gasteiger partial charge on any atom is 0.100 e. The highest BCUT2D eigenvalue weighted by atomic mass is 32.1. The summed E-state index contributed by atoms with van der Waals surface area (Å²) in [6, 6.07) is 22.3. The molecule has 3 rings (SSSR count). The Balaban J connectivity index is 1.97. The normalized spacial score (nSPS) is 10.7. The summed E-state index contributed by atoms with van der Waals surface area (Å²) in [5.41, 5.74) is 4.07. The molecule has 102 valence electrons. The number of rotatable bonds is 4. The Morgan fingerprint density at radius 1 is 0.810 bits per heavy atom. The van der Waals surface area contributed by atoms with Gasteiger partial charge in [0.05, 0.1) is 6.21 Å². The quantitative estimate of drug-likeness (QED) is 0.495. The minimum absolute atomic E-state index is 0.877. The third kappa shape index (κ3) is 3.52. The molecule has 0 aliphatic rings. The van der Waals surface area contributed by atoms with Crippen molar-refractivity contribution in [2.75, 3.05) is 0 Å². The van der Waals surface area contributed by atoms with E-state index in [1.807, 2.05) is 77.5 Å². The summed E-state index contributed by atoms with van der Waals surface area (Å²) in [4.78, 5) is 0. The van der Waals surface area contributed by atoms with E-state index in [9.17, 15) is 0 Å². The van der Waals surface area contributed by atoms with Crippen LogP contribution < -0.4 is 0 Å². The van der Waals surface area contributed by atoms with Crippen LogP contribution in [0.3, 0.4) is 0 Å². The predicted molar refractivity (Wildman–Crippen MR) is 90.4 cm³/mol. The zero-order chi connectivity index (χ0) is 14.3. The first-order valence-electron chi connectivity index (χ1n) is 6.67. The number of hydrogen-bond acceptors (Lipinski definition) is 3. The number of nitrogens with zero attached hydrogens (tertiary/aromatic N) is 2. The number of benzene rings is 2. The minimum Gasteiger partial charge on any atom is -0.158 e. The van der Waals surface area contributed by atoms with Crippen LogP contribution in [0.15, 0.2) is 87.7 Å². The Kier molecular flexibility index (Phi) is 4.34. The highest BCUT2D eigenvalue weighted by Gasteiger charge is 2.05. The van der Waals surface area contributed by atoms with Gasteiger partial charge in [0.2, 0.25) is 0 Å². The second kappa shape index (κ2) is 6.77. The Morgan fingerprint density at radius 3 is 1.95 bits per heavy atom. The molecule has 1 aromatic heterocycles. The first kappa shape index (κ1) is 13.5. The monoisotopic (exact) mass is 290 g/mol. The molecule has 0 unspecified atom stereocenters. The van der Waals surface area contributed by atoms with Crippen LogP contribution in [0.4, 0.5) is 0 Å². The van der Waals surface area contributed by atoms with Crippen molar-refractivity contribution >= 4 is 23.3 Å². The molecule has 2 nitrogen and oxygen atoms in total. The molecule has 0 saturated carbocycles. The van der Waals surface area contributed by atoms with Gasteiger partial charge in [-0.3, -0.25) is 0 Å². The van der Waals surface area contributed by atoms with Crippen LogP contribution in [-0.4, -0.2) is 11.9 Å². The maximum atomic E-state index is 4.43. The van der Waals surface area contributed by atoms with Gasteiger partial charge in [-0.05, 0) is 16.8 Å². The molecular formula is C18H14N2S. The van der Waals surface area contributed by atoms with E-state index in [4.69, 9.17) is 0 Å². The van der Waals surface area contributed by atoms with E-state index in [2.05, 4.69) is 10.2 Å². The van der Waals surface area contributed by atoms with Gasteiger partial charge in [0.1, 0.15) is 5.71 Å². The third-order valence-corrected chi connectivity index (χ3v) is 3.70. The first-order chi connectivity index (χ1) is 10.4. The SMILES string of the molecule is C(=NN=C(c1ccccc1)c1ccccc1)c1ccsc1. The van der Waals surface area contributed by atoms with Crippen molar-refractivity contribution in [3.05, 3.63) is 94.2 Å². The average Bonchev–Trinajstić information content (AvgIpc) is 3.07. The second-order valence-electron chi connectivity index (χ2n) is 4.48. The molecule has 0 aliphatic heterocycles. The van der Waals surface area contributed by atoms with Crippen molar-refractivity contribution < 1.29 is 0 Å². The van der Waals surface area contributed by atoms with E-state index < -0.39 is 0 Å². The molecular weight excluding hydrogens is 276 g/mol. The van der Waals surface area contributed by atoms with Gasteiger partial charge in [-0.15, -0.1) is 5.10 Å². The van der Waals surface area contributed by atoms with Crippen LogP contribution in [0.5, 0.6) is 0 Å². The summed E-state index contributed by atoms with van der Waals surface area (Å²) in [6.07, 6.45) is 1.78. The third-order valence-electron chi connectivity index (χ3n) is 3.00. The fraction of sp³-hybridized carbons (Fsp3) is 0. The van der Waals surface area contributed by atoms with Gasteiger partial charge in [-0.1, -0.05) is 60.7 Å². The van der Waals surface area contributed by atoms with Crippen molar-refractivity contribution in [1.29, 1.82) is 0 Å². The van der Waals surface area contributed by atoms with Crippen LogP contribution >= 0.6 is 11.3 Å². The van der Waals surface area contributed by atoms with Gasteiger partial charge in [-0.25, -0.2) is 0 Å². The van der Waals surface area contributed by atoms with Gasteiger partial charge < -0.3 is 0 Å².